The molecular weight excluding hydrogens is 1100 g/mol. The molecule has 0 aliphatic heterocycles. The summed E-state index contributed by atoms with van der Waals surface area (Å²) in [5.74, 6) is 0. The van der Waals surface area contributed by atoms with E-state index in [0.717, 1.165) is 77.0 Å². The molecule has 0 bridgehead atoms. The third-order valence-electron chi connectivity index (χ3n) is 20.3. The largest absolute Gasteiger partial charge is 0.384 e. The van der Waals surface area contributed by atoms with E-state index in [2.05, 4.69) is 27.7 Å². The van der Waals surface area contributed by atoms with Gasteiger partial charge in [0.05, 0.1) is 0 Å². The summed E-state index contributed by atoms with van der Waals surface area (Å²) in [5, 5.41) is 47.4. The van der Waals surface area contributed by atoms with Gasteiger partial charge in [-0.05, 0) is 47.9 Å². The highest BCUT2D eigenvalue weighted by Gasteiger charge is 2.81. The highest BCUT2D eigenvalue weighted by atomic mass is 31.2. The summed E-state index contributed by atoms with van der Waals surface area (Å²) >= 11 is 0. The van der Waals surface area contributed by atoms with Crippen LogP contribution in [0.5, 0.6) is 0 Å². The molecule has 0 aromatic heterocycles. The lowest BCUT2D eigenvalue weighted by molar-refractivity contribution is -0.366. The molecule has 4 rings (SSSR count). The highest BCUT2D eigenvalue weighted by molar-refractivity contribution is 7.39. The monoisotopic (exact) mass is 1230 g/mol. The molecule has 0 aliphatic carbocycles. The van der Waals surface area contributed by atoms with E-state index in [-0.39, 0.29) is 25.7 Å². The van der Waals surface area contributed by atoms with Crippen molar-refractivity contribution in [3.63, 3.8) is 0 Å². The van der Waals surface area contributed by atoms with Gasteiger partial charge >= 0.3 is 8.60 Å². The number of hydrogen-bond donors (Lipinski definition) is 5. The Morgan fingerprint density at radius 2 is 0.432 bits per heavy atom. The van der Waals surface area contributed by atoms with Gasteiger partial charge in [-0.1, -0.05) is 432 Å². The number of benzene rings is 4. The molecule has 0 amide bonds. The van der Waals surface area contributed by atoms with Crippen LogP contribution in [-0.4, -0.2) is 25.1 Å². The normalized spacial score (nSPS) is 15.4. The second-order valence-corrected chi connectivity index (χ2v) is 27.8. The molecule has 4 aromatic rings. The molecule has 5 N–H and O–H groups in total. The predicted molar refractivity (Wildman–Crippen MR) is 378 cm³/mol. The quantitative estimate of drug-likeness (QED) is 0.0223. The van der Waals surface area contributed by atoms with Gasteiger partial charge in [0, 0.05) is 0 Å². The number of unbranched alkanes of at least 4 members (excludes halogenated alkanes) is 40. The summed E-state index contributed by atoms with van der Waals surface area (Å²) in [6.45, 7) is 9.10. The fraction of sp³-hybridized carbons (Fsp3) is 0.704. The van der Waals surface area contributed by atoms with Crippen molar-refractivity contribution in [1.82, 2.24) is 0 Å². The van der Waals surface area contributed by atoms with Crippen LogP contribution in [0.2, 0.25) is 0 Å². The zero-order valence-electron chi connectivity index (χ0n) is 57.1. The van der Waals surface area contributed by atoms with Crippen LogP contribution in [0.3, 0.4) is 0 Å². The lowest BCUT2D eigenvalue weighted by Crippen LogP contribution is -2.76. The van der Waals surface area contributed by atoms with Gasteiger partial charge in [0.2, 0.25) is 0 Å². The first-order valence-corrected chi connectivity index (χ1v) is 38.5. The summed E-state index contributed by atoms with van der Waals surface area (Å²) in [6.07, 6.45) is 50.4. The van der Waals surface area contributed by atoms with Crippen LogP contribution in [-0.2, 0) is 26.9 Å². The molecule has 0 heterocycles. The van der Waals surface area contributed by atoms with Gasteiger partial charge in [-0.3, -0.25) is 4.52 Å². The first-order valence-electron chi connectivity index (χ1n) is 37.3. The average molecular weight is 1230 g/mol. The molecule has 0 saturated carbocycles. The molecular formula is C81H133O6P. The molecule has 0 radical (unpaired) electrons. The summed E-state index contributed by atoms with van der Waals surface area (Å²) in [6, 6.07) is 39.9. The zero-order chi connectivity index (χ0) is 63.2. The summed E-state index contributed by atoms with van der Waals surface area (Å²) < 4.78 is 7.40. The Morgan fingerprint density at radius 1 is 0.250 bits per heavy atom. The molecule has 498 valence electrons. The van der Waals surface area contributed by atoms with E-state index in [0.29, 0.717) is 47.9 Å². The van der Waals surface area contributed by atoms with Crippen molar-refractivity contribution >= 4 is 8.60 Å². The van der Waals surface area contributed by atoms with Gasteiger partial charge in [-0.2, -0.15) is 0 Å². The van der Waals surface area contributed by atoms with Crippen molar-refractivity contribution in [2.75, 3.05) is 0 Å². The molecule has 0 spiro atoms. The second kappa shape index (κ2) is 47.0. The van der Waals surface area contributed by atoms with Crippen LogP contribution in [0.1, 0.15) is 358 Å². The minimum atomic E-state index is -3.19. The molecule has 4 aromatic carbocycles. The maximum absolute atomic E-state index is 15.8. The number of hydrogen-bond acceptors (Lipinski definition) is 6. The van der Waals surface area contributed by atoms with Crippen LogP contribution in [0.25, 0.3) is 0 Å². The van der Waals surface area contributed by atoms with Gasteiger partial charge in [0.15, 0.2) is 0 Å². The lowest BCUT2D eigenvalue weighted by atomic mass is 9.39. The Bertz CT molecular complexity index is 2030. The topological polar surface area (TPSA) is 110 Å². The number of aliphatic hydroxyl groups is 3. The molecule has 0 aliphatic rings. The highest BCUT2D eigenvalue weighted by Crippen LogP contribution is 2.75. The Morgan fingerprint density at radius 3 is 0.636 bits per heavy atom. The van der Waals surface area contributed by atoms with E-state index in [1.807, 2.05) is 121 Å². The van der Waals surface area contributed by atoms with Crippen molar-refractivity contribution < 1.29 is 29.6 Å². The van der Waals surface area contributed by atoms with E-state index < -0.39 is 36.4 Å². The third kappa shape index (κ3) is 24.8. The average Bonchev–Trinajstić information content (AvgIpc) is 0.684. The van der Waals surface area contributed by atoms with Crippen LogP contribution in [0.4, 0.5) is 0 Å². The summed E-state index contributed by atoms with van der Waals surface area (Å²) in [7, 11) is -3.19. The van der Waals surface area contributed by atoms with E-state index in [4.69, 9.17) is 4.52 Å². The fourth-order valence-corrected chi connectivity index (χ4v) is 16.2. The molecule has 6 nitrogen and oxygen atoms in total. The van der Waals surface area contributed by atoms with E-state index in [1.165, 1.54) is 180 Å². The summed E-state index contributed by atoms with van der Waals surface area (Å²) in [5.41, 5.74) is -7.93. The Labute approximate surface area is 542 Å². The molecule has 4 unspecified atom stereocenters. The van der Waals surface area contributed by atoms with Gasteiger partial charge in [0.25, 0.3) is 0 Å². The van der Waals surface area contributed by atoms with Crippen LogP contribution >= 0.6 is 8.60 Å². The van der Waals surface area contributed by atoms with Crippen molar-refractivity contribution in [3.8, 4) is 0 Å². The first-order chi connectivity index (χ1) is 43.1. The van der Waals surface area contributed by atoms with Crippen LogP contribution in [0, 0.1) is 5.41 Å². The van der Waals surface area contributed by atoms with Crippen molar-refractivity contribution in [2.24, 2.45) is 5.41 Å². The molecule has 0 saturated heterocycles. The Balaban J connectivity index is 2.09. The maximum atomic E-state index is 15.8. The number of rotatable bonds is 58. The van der Waals surface area contributed by atoms with Crippen LogP contribution < -0.4 is 0 Å². The Hall–Kier alpha value is -2.93. The minimum absolute atomic E-state index is 0.194. The molecule has 88 heavy (non-hydrogen) atoms. The van der Waals surface area contributed by atoms with Crippen molar-refractivity contribution in [2.45, 2.75) is 358 Å². The zero-order valence-corrected chi connectivity index (χ0v) is 58.0. The molecule has 4 atom stereocenters. The van der Waals surface area contributed by atoms with Crippen molar-refractivity contribution in [1.29, 1.82) is 0 Å². The van der Waals surface area contributed by atoms with E-state index >= 15 is 15.3 Å². The van der Waals surface area contributed by atoms with Crippen molar-refractivity contribution in [3.05, 3.63) is 144 Å². The Kier molecular flexibility index (Phi) is 41.4. The van der Waals surface area contributed by atoms with Crippen LogP contribution in [0.15, 0.2) is 121 Å². The second-order valence-electron chi connectivity index (χ2n) is 27.1. The van der Waals surface area contributed by atoms with E-state index in [1.54, 1.807) is 0 Å². The van der Waals surface area contributed by atoms with E-state index in [9.17, 15) is 9.79 Å². The third-order valence-corrected chi connectivity index (χ3v) is 20.7. The SMILES string of the molecule is CCCCCCCCCCCCCC(O)(c1ccccc1)C(C(O)(CCCCCCCCCCCCC)c1ccccc1)(C(O)(CCCCCCCCCCCCC)c1ccccc1)C(CCCCCCCCCCCCC)(OP(O)O)c1ccccc1. The predicted octanol–water partition coefficient (Wildman–Crippen LogP) is 24.6. The standard InChI is InChI=1S/C81H133O6P/c1-5-9-13-17-21-25-29-33-37-41-57-69-77(82,73-61-49-45-50-62-73)81(78(83,74-63-51-46-52-64-74)70-58-42-38-34-30-26-22-18-14-10-6-2,79(84,75-65-53-47-54-66-75)71-59-43-39-35-31-27-23-19-15-11-7-3)80(87-88(85)86,76-67-55-48-56-68-76)72-60-44-40-36-32-28-24-20-16-12-8-4/h45-56,61-68,82-86H,5-44,57-60,69-72H2,1-4H3. The van der Waals surface area contributed by atoms with Gasteiger partial charge in [0.1, 0.15) is 27.8 Å². The molecule has 7 heteroatoms. The summed E-state index contributed by atoms with van der Waals surface area (Å²) in [4.78, 5) is 24.4. The lowest BCUT2D eigenvalue weighted by Gasteiger charge is -2.70. The fourth-order valence-electron chi connectivity index (χ4n) is 15.6. The maximum Gasteiger partial charge on any atom is 0.327 e. The smallest absolute Gasteiger partial charge is 0.327 e. The molecule has 0 fully saturated rings. The van der Waals surface area contributed by atoms with Gasteiger partial charge in [-0.25, -0.2) is 0 Å². The first kappa shape index (κ1) is 77.5. The van der Waals surface area contributed by atoms with Gasteiger partial charge < -0.3 is 25.1 Å². The minimum Gasteiger partial charge on any atom is -0.384 e. The van der Waals surface area contributed by atoms with Gasteiger partial charge in [-0.15, -0.1) is 0 Å².